The van der Waals surface area contributed by atoms with Gasteiger partial charge in [0.05, 0.1) is 12.7 Å². The average Bonchev–Trinajstić information content (AvgIpc) is 2.73. The molecule has 0 spiro atoms. The van der Waals surface area contributed by atoms with Crippen molar-refractivity contribution in [2.45, 2.75) is 13.5 Å². The number of oxazole rings is 1. The molecule has 0 saturated heterocycles. The second kappa shape index (κ2) is 5.49. The van der Waals surface area contributed by atoms with Gasteiger partial charge in [-0.1, -0.05) is 12.2 Å². The number of rotatable bonds is 4. The first-order valence-electron chi connectivity index (χ1n) is 5.31. The summed E-state index contributed by atoms with van der Waals surface area (Å²) in [5.74, 6) is 1.45. The molecule has 4 nitrogen and oxygen atoms in total. The van der Waals surface area contributed by atoms with Gasteiger partial charge in [0.25, 0.3) is 0 Å². The van der Waals surface area contributed by atoms with Crippen molar-refractivity contribution in [1.29, 1.82) is 0 Å². The fourth-order valence-electron chi connectivity index (χ4n) is 1.47. The minimum atomic E-state index is 0.380. The highest BCUT2D eigenvalue weighted by atomic mass is 79.9. The summed E-state index contributed by atoms with van der Waals surface area (Å²) < 4.78 is 6.28. The van der Waals surface area contributed by atoms with Crippen molar-refractivity contribution >= 4 is 38.8 Å². The molecule has 0 aliphatic heterocycles. The molecule has 0 aliphatic carbocycles. The van der Waals surface area contributed by atoms with Crippen LogP contribution in [0.3, 0.4) is 0 Å². The van der Waals surface area contributed by atoms with Crippen molar-refractivity contribution < 1.29 is 4.42 Å². The quantitative estimate of drug-likeness (QED) is 0.846. The van der Waals surface area contributed by atoms with Crippen LogP contribution < -0.4 is 11.1 Å². The van der Waals surface area contributed by atoms with Crippen LogP contribution in [0.4, 0.5) is 5.69 Å². The fourth-order valence-corrected chi connectivity index (χ4v) is 2.11. The summed E-state index contributed by atoms with van der Waals surface area (Å²) in [6.07, 6.45) is 1.70. The first-order chi connectivity index (χ1) is 8.56. The third-order valence-corrected chi connectivity index (χ3v) is 3.24. The van der Waals surface area contributed by atoms with Crippen molar-refractivity contribution in [2.24, 2.45) is 5.73 Å². The summed E-state index contributed by atoms with van der Waals surface area (Å²) in [6.45, 7) is 2.39. The molecule has 6 heteroatoms. The van der Waals surface area contributed by atoms with Gasteiger partial charge in [0.1, 0.15) is 10.7 Å². The van der Waals surface area contributed by atoms with Gasteiger partial charge < -0.3 is 15.5 Å². The van der Waals surface area contributed by atoms with E-state index in [1.807, 2.05) is 25.1 Å². The van der Waals surface area contributed by atoms with Crippen molar-refractivity contribution in [2.75, 3.05) is 5.32 Å². The Labute approximate surface area is 119 Å². The second-order valence-electron chi connectivity index (χ2n) is 3.78. The smallest absolute Gasteiger partial charge is 0.213 e. The number of nitrogens with two attached hydrogens (primary N) is 1. The molecule has 0 atom stereocenters. The topological polar surface area (TPSA) is 64.1 Å². The van der Waals surface area contributed by atoms with Gasteiger partial charge in [-0.2, -0.15) is 0 Å². The largest absolute Gasteiger partial charge is 0.444 e. The zero-order chi connectivity index (χ0) is 13.1. The number of anilines is 1. The molecule has 0 amide bonds. The highest BCUT2D eigenvalue weighted by Gasteiger charge is 2.05. The molecular weight excluding hydrogens is 314 g/mol. The Kier molecular flexibility index (Phi) is 3.98. The number of hydrogen-bond donors (Lipinski definition) is 2. The Hall–Kier alpha value is -1.40. The standard InChI is InChI=1S/C12H12BrN3OS/c1-7-5-16-11(17-7)6-15-10-3-2-8(12(14)18)4-9(10)13/h2-5,15H,6H2,1H3,(H2,14,18). The van der Waals surface area contributed by atoms with Crippen LogP contribution in [-0.4, -0.2) is 9.97 Å². The van der Waals surface area contributed by atoms with E-state index < -0.39 is 0 Å². The van der Waals surface area contributed by atoms with E-state index in [-0.39, 0.29) is 0 Å². The van der Waals surface area contributed by atoms with Gasteiger partial charge in [0.15, 0.2) is 0 Å². The number of thiocarbonyl (C=S) groups is 1. The molecule has 2 aromatic rings. The maximum atomic E-state index is 5.57. The van der Waals surface area contributed by atoms with E-state index in [0.717, 1.165) is 21.5 Å². The van der Waals surface area contributed by atoms with Crippen LogP contribution >= 0.6 is 28.1 Å². The summed E-state index contributed by atoms with van der Waals surface area (Å²) in [7, 11) is 0. The number of aryl methyl sites for hydroxylation is 1. The van der Waals surface area contributed by atoms with E-state index in [4.69, 9.17) is 22.4 Å². The average molecular weight is 326 g/mol. The maximum absolute atomic E-state index is 5.57. The van der Waals surface area contributed by atoms with Gasteiger partial charge in [-0.25, -0.2) is 4.98 Å². The first kappa shape index (κ1) is 13.0. The molecule has 18 heavy (non-hydrogen) atoms. The number of benzene rings is 1. The van der Waals surface area contributed by atoms with Crippen LogP contribution in [0.2, 0.25) is 0 Å². The maximum Gasteiger partial charge on any atom is 0.213 e. The van der Waals surface area contributed by atoms with Crippen LogP contribution in [0.1, 0.15) is 17.2 Å². The molecule has 1 aromatic carbocycles. The van der Waals surface area contributed by atoms with Crippen LogP contribution in [-0.2, 0) is 6.54 Å². The van der Waals surface area contributed by atoms with Gasteiger partial charge in [0.2, 0.25) is 5.89 Å². The Morgan fingerprint density at radius 2 is 2.33 bits per heavy atom. The number of hydrogen-bond acceptors (Lipinski definition) is 4. The monoisotopic (exact) mass is 325 g/mol. The molecular formula is C12H12BrN3OS. The molecule has 1 aromatic heterocycles. The Balaban J connectivity index is 2.08. The lowest BCUT2D eigenvalue weighted by Gasteiger charge is -2.08. The molecule has 0 unspecified atom stereocenters. The first-order valence-corrected chi connectivity index (χ1v) is 6.51. The van der Waals surface area contributed by atoms with Crippen molar-refractivity contribution in [3.05, 3.63) is 46.1 Å². The third-order valence-electron chi connectivity index (χ3n) is 2.35. The van der Waals surface area contributed by atoms with Crippen molar-refractivity contribution in [3.8, 4) is 0 Å². The number of halogens is 1. The molecule has 1 heterocycles. The van der Waals surface area contributed by atoms with Gasteiger partial charge in [-0.05, 0) is 41.1 Å². The van der Waals surface area contributed by atoms with Gasteiger partial charge in [-0.3, -0.25) is 0 Å². The second-order valence-corrected chi connectivity index (χ2v) is 5.07. The fraction of sp³-hybridized carbons (Fsp3) is 0.167. The van der Waals surface area contributed by atoms with E-state index in [0.29, 0.717) is 17.4 Å². The predicted octanol–water partition coefficient (Wildman–Crippen LogP) is 2.99. The number of aromatic nitrogens is 1. The molecule has 0 bridgehead atoms. The van der Waals surface area contributed by atoms with E-state index in [2.05, 4.69) is 26.2 Å². The molecule has 0 fully saturated rings. The Morgan fingerprint density at radius 3 is 2.89 bits per heavy atom. The highest BCUT2D eigenvalue weighted by molar-refractivity contribution is 9.10. The predicted molar refractivity (Wildman–Crippen MR) is 78.6 cm³/mol. The molecule has 94 valence electrons. The van der Waals surface area contributed by atoms with Gasteiger partial charge in [0, 0.05) is 15.7 Å². The lowest BCUT2D eigenvalue weighted by molar-refractivity contribution is 0.479. The van der Waals surface area contributed by atoms with Crippen LogP contribution in [0.25, 0.3) is 0 Å². The molecule has 0 aliphatic rings. The van der Waals surface area contributed by atoms with E-state index in [1.165, 1.54) is 0 Å². The van der Waals surface area contributed by atoms with Crippen molar-refractivity contribution in [3.63, 3.8) is 0 Å². The number of nitrogens with zero attached hydrogens (tertiary/aromatic N) is 1. The lowest BCUT2D eigenvalue weighted by Crippen LogP contribution is -2.09. The van der Waals surface area contributed by atoms with E-state index >= 15 is 0 Å². The minimum absolute atomic E-state index is 0.380. The lowest BCUT2D eigenvalue weighted by atomic mass is 10.2. The summed E-state index contributed by atoms with van der Waals surface area (Å²) >= 11 is 8.39. The molecule has 0 radical (unpaired) electrons. The van der Waals surface area contributed by atoms with E-state index in [1.54, 1.807) is 6.20 Å². The minimum Gasteiger partial charge on any atom is -0.444 e. The Bertz CT molecular complexity index is 582. The summed E-state index contributed by atoms with van der Waals surface area (Å²) in [5.41, 5.74) is 7.33. The molecule has 0 saturated carbocycles. The van der Waals surface area contributed by atoms with E-state index in [9.17, 15) is 0 Å². The van der Waals surface area contributed by atoms with Crippen LogP contribution in [0.5, 0.6) is 0 Å². The van der Waals surface area contributed by atoms with Gasteiger partial charge >= 0.3 is 0 Å². The summed E-state index contributed by atoms with van der Waals surface area (Å²) in [5, 5.41) is 3.22. The van der Waals surface area contributed by atoms with Crippen LogP contribution in [0.15, 0.2) is 33.3 Å². The zero-order valence-corrected chi connectivity index (χ0v) is 12.1. The Morgan fingerprint density at radius 1 is 1.56 bits per heavy atom. The molecule has 3 N–H and O–H groups in total. The van der Waals surface area contributed by atoms with Crippen LogP contribution in [0, 0.1) is 6.92 Å². The normalized spacial score (nSPS) is 10.3. The summed E-state index contributed by atoms with van der Waals surface area (Å²) in [4.78, 5) is 4.50. The summed E-state index contributed by atoms with van der Waals surface area (Å²) in [6, 6.07) is 5.66. The SMILES string of the molecule is Cc1cnc(CNc2ccc(C(N)=S)cc2Br)o1. The highest BCUT2D eigenvalue weighted by Crippen LogP contribution is 2.24. The number of nitrogens with one attached hydrogen (secondary N) is 1. The van der Waals surface area contributed by atoms with Crippen molar-refractivity contribution in [1.82, 2.24) is 4.98 Å². The van der Waals surface area contributed by atoms with Gasteiger partial charge in [-0.15, -0.1) is 0 Å². The third kappa shape index (κ3) is 3.08. The zero-order valence-electron chi connectivity index (χ0n) is 9.74. The molecule has 2 rings (SSSR count).